The summed E-state index contributed by atoms with van der Waals surface area (Å²) >= 11 is 6.16. The minimum absolute atomic E-state index is 0.432. The normalized spacial score (nSPS) is 10.6. The van der Waals surface area contributed by atoms with E-state index < -0.39 is 0 Å². The van der Waals surface area contributed by atoms with Crippen LogP contribution in [-0.4, -0.2) is 7.11 Å². The van der Waals surface area contributed by atoms with Gasteiger partial charge in [0.05, 0.1) is 7.11 Å². The molecule has 0 amide bonds. The molecule has 0 spiro atoms. The summed E-state index contributed by atoms with van der Waals surface area (Å²) in [5.74, 6) is 1.31. The van der Waals surface area contributed by atoms with Gasteiger partial charge in [-0.2, -0.15) is 0 Å². The Labute approximate surface area is 84.7 Å². The summed E-state index contributed by atoms with van der Waals surface area (Å²) in [6.07, 6.45) is 0. The average Bonchev–Trinajstić information content (AvgIpc) is 2.09. The van der Waals surface area contributed by atoms with Crippen molar-refractivity contribution in [2.24, 2.45) is 0 Å². The molecule has 0 bridgehead atoms. The zero-order valence-electron chi connectivity index (χ0n) is 8.52. The summed E-state index contributed by atoms with van der Waals surface area (Å²) in [6, 6.07) is 3.95. The molecule has 0 aliphatic rings. The van der Waals surface area contributed by atoms with Gasteiger partial charge in [0.15, 0.2) is 0 Å². The van der Waals surface area contributed by atoms with Crippen LogP contribution >= 0.6 is 11.6 Å². The quantitative estimate of drug-likeness (QED) is 0.703. The predicted molar refractivity (Wildman–Crippen MR) is 56.8 cm³/mol. The van der Waals surface area contributed by atoms with Gasteiger partial charge in [0.1, 0.15) is 5.75 Å². The van der Waals surface area contributed by atoms with Gasteiger partial charge in [-0.3, -0.25) is 0 Å². The first-order valence-electron chi connectivity index (χ1n) is 4.40. The molecule has 0 heterocycles. The Morgan fingerprint density at radius 2 is 1.92 bits per heavy atom. The smallest absolute Gasteiger partial charge is 0.119 e. The molecular formula is C11H15ClO. The molecule has 1 aromatic carbocycles. The first kappa shape index (κ1) is 10.4. The zero-order chi connectivity index (χ0) is 10.0. The summed E-state index contributed by atoms with van der Waals surface area (Å²) in [6.45, 7) is 6.25. The van der Waals surface area contributed by atoms with Crippen molar-refractivity contribution < 1.29 is 4.74 Å². The van der Waals surface area contributed by atoms with Gasteiger partial charge in [-0.05, 0) is 36.1 Å². The van der Waals surface area contributed by atoms with Crippen molar-refractivity contribution in [2.75, 3.05) is 7.11 Å². The van der Waals surface area contributed by atoms with Crippen LogP contribution in [0.15, 0.2) is 12.1 Å². The molecule has 0 N–H and O–H groups in total. The third-order valence-corrected chi connectivity index (χ3v) is 2.63. The number of ether oxygens (including phenoxy) is 1. The van der Waals surface area contributed by atoms with Crippen LogP contribution in [0.3, 0.4) is 0 Å². The lowest BCUT2D eigenvalue weighted by molar-refractivity contribution is 0.413. The number of halogens is 1. The third kappa shape index (κ3) is 2.16. The van der Waals surface area contributed by atoms with E-state index in [2.05, 4.69) is 13.8 Å². The minimum atomic E-state index is 0.432. The van der Waals surface area contributed by atoms with Gasteiger partial charge in [0, 0.05) is 5.02 Å². The van der Waals surface area contributed by atoms with Gasteiger partial charge in [-0.15, -0.1) is 0 Å². The third-order valence-electron chi connectivity index (χ3n) is 2.11. The van der Waals surface area contributed by atoms with Crippen LogP contribution in [0.4, 0.5) is 0 Å². The summed E-state index contributed by atoms with van der Waals surface area (Å²) in [5, 5.41) is 0.857. The van der Waals surface area contributed by atoms with E-state index >= 15 is 0 Å². The van der Waals surface area contributed by atoms with Crippen LogP contribution in [0.5, 0.6) is 5.75 Å². The Bertz CT molecular complexity index is 305. The van der Waals surface area contributed by atoms with Crippen LogP contribution in [0.2, 0.25) is 5.02 Å². The minimum Gasteiger partial charge on any atom is -0.497 e. The molecule has 0 unspecified atom stereocenters. The molecule has 0 atom stereocenters. The Balaban J connectivity index is 3.25. The molecule has 0 radical (unpaired) electrons. The molecule has 0 saturated carbocycles. The SMILES string of the molecule is COc1cc(C)c(Cl)c(C(C)C)c1. The second kappa shape index (κ2) is 4.01. The maximum atomic E-state index is 6.16. The summed E-state index contributed by atoms with van der Waals surface area (Å²) in [5.41, 5.74) is 2.23. The van der Waals surface area contributed by atoms with Gasteiger partial charge < -0.3 is 4.74 Å². The van der Waals surface area contributed by atoms with Crippen molar-refractivity contribution >= 4 is 11.6 Å². The molecule has 1 aromatic rings. The van der Waals surface area contributed by atoms with Gasteiger partial charge in [-0.1, -0.05) is 25.4 Å². The highest BCUT2D eigenvalue weighted by Crippen LogP contribution is 2.31. The zero-order valence-corrected chi connectivity index (χ0v) is 9.27. The van der Waals surface area contributed by atoms with Crippen molar-refractivity contribution in [3.05, 3.63) is 28.3 Å². The number of hydrogen-bond donors (Lipinski definition) is 0. The molecule has 0 aliphatic heterocycles. The Morgan fingerprint density at radius 3 is 2.38 bits per heavy atom. The van der Waals surface area contributed by atoms with E-state index in [0.29, 0.717) is 5.92 Å². The Kier molecular flexibility index (Phi) is 3.21. The molecule has 2 heteroatoms. The van der Waals surface area contributed by atoms with E-state index in [9.17, 15) is 0 Å². The molecular weight excluding hydrogens is 184 g/mol. The number of benzene rings is 1. The molecule has 13 heavy (non-hydrogen) atoms. The van der Waals surface area contributed by atoms with Crippen LogP contribution in [0.1, 0.15) is 30.9 Å². The molecule has 1 rings (SSSR count). The molecule has 0 aliphatic carbocycles. The van der Waals surface area contributed by atoms with E-state index in [-0.39, 0.29) is 0 Å². The fraction of sp³-hybridized carbons (Fsp3) is 0.455. The van der Waals surface area contributed by atoms with Gasteiger partial charge in [0.25, 0.3) is 0 Å². The predicted octanol–water partition coefficient (Wildman–Crippen LogP) is 3.78. The first-order valence-corrected chi connectivity index (χ1v) is 4.78. The maximum Gasteiger partial charge on any atom is 0.119 e. The first-order chi connectivity index (χ1) is 6.06. The lowest BCUT2D eigenvalue weighted by atomic mass is 10.0. The summed E-state index contributed by atoms with van der Waals surface area (Å²) < 4.78 is 5.18. The van der Waals surface area contributed by atoms with Crippen molar-refractivity contribution in [3.8, 4) is 5.75 Å². The monoisotopic (exact) mass is 198 g/mol. The summed E-state index contributed by atoms with van der Waals surface area (Å²) in [4.78, 5) is 0. The van der Waals surface area contributed by atoms with Crippen LogP contribution < -0.4 is 4.74 Å². The Morgan fingerprint density at radius 1 is 1.31 bits per heavy atom. The Hall–Kier alpha value is -0.690. The highest BCUT2D eigenvalue weighted by molar-refractivity contribution is 6.32. The van der Waals surface area contributed by atoms with Crippen molar-refractivity contribution in [3.63, 3.8) is 0 Å². The second-order valence-corrected chi connectivity index (χ2v) is 3.88. The molecule has 0 aromatic heterocycles. The largest absolute Gasteiger partial charge is 0.497 e. The van der Waals surface area contributed by atoms with Crippen molar-refractivity contribution in [2.45, 2.75) is 26.7 Å². The fourth-order valence-electron chi connectivity index (χ4n) is 1.30. The van der Waals surface area contributed by atoms with E-state index in [1.807, 2.05) is 19.1 Å². The lowest BCUT2D eigenvalue weighted by Crippen LogP contribution is -1.93. The standard InChI is InChI=1S/C11H15ClO/c1-7(2)10-6-9(13-4)5-8(3)11(10)12/h5-7H,1-4H3. The van der Waals surface area contributed by atoms with Gasteiger partial charge in [0.2, 0.25) is 0 Å². The number of aryl methyl sites for hydroxylation is 1. The van der Waals surface area contributed by atoms with Gasteiger partial charge >= 0.3 is 0 Å². The molecule has 0 saturated heterocycles. The number of methoxy groups -OCH3 is 1. The van der Waals surface area contributed by atoms with Crippen LogP contribution in [-0.2, 0) is 0 Å². The lowest BCUT2D eigenvalue weighted by Gasteiger charge is -2.12. The van der Waals surface area contributed by atoms with Crippen molar-refractivity contribution in [1.82, 2.24) is 0 Å². The fourth-order valence-corrected chi connectivity index (χ4v) is 1.63. The highest BCUT2D eigenvalue weighted by Gasteiger charge is 2.09. The summed E-state index contributed by atoms with van der Waals surface area (Å²) in [7, 11) is 1.67. The van der Waals surface area contributed by atoms with E-state index in [4.69, 9.17) is 16.3 Å². The number of rotatable bonds is 2. The molecule has 1 nitrogen and oxygen atoms in total. The molecule has 0 fully saturated rings. The topological polar surface area (TPSA) is 9.23 Å². The second-order valence-electron chi connectivity index (χ2n) is 3.50. The van der Waals surface area contributed by atoms with E-state index in [1.165, 1.54) is 0 Å². The average molecular weight is 199 g/mol. The van der Waals surface area contributed by atoms with Crippen LogP contribution in [0.25, 0.3) is 0 Å². The van der Waals surface area contributed by atoms with E-state index in [1.54, 1.807) is 7.11 Å². The maximum absolute atomic E-state index is 6.16. The van der Waals surface area contributed by atoms with E-state index in [0.717, 1.165) is 21.9 Å². The van der Waals surface area contributed by atoms with Crippen molar-refractivity contribution in [1.29, 1.82) is 0 Å². The van der Waals surface area contributed by atoms with Gasteiger partial charge in [-0.25, -0.2) is 0 Å². The van der Waals surface area contributed by atoms with Crippen LogP contribution in [0, 0.1) is 6.92 Å². The number of hydrogen-bond acceptors (Lipinski definition) is 1. The highest BCUT2D eigenvalue weighted by atomic mass is 35.5. The molecule has 72 valence electrons.